The predicted molar refractivity (Wildman–Crippen MR) is 63.9 cm³/mol. The van der Waals surface area contributed by atoms with Crippen molar-refractivity contribution in [3.8, 4) is 0 Å². The minimum Gasteiger partial charge on any atom is -0.316 e. The molecule has 18 heavy (non-hydrogen) atoms. The summed E-state index contributed by atoms with van der Waals surface area (Å²) in [4.78, 5) is 13.5. The van der Waals surface area contributed by atoms with Crippen LogP contribution in [0.5, 0.6) is 0 Å². The summed E-state index contributed by atoms with van der Waals surface area (Å²) in [6.45, 7) is 1.51. The Morgan fingerprint density at radius 2 is 2.28 bits per heavy atom. The van der Waals surface area contributed by atoms with Crippen molar-refractivity contribution in [3.05, 3.63) is 28.4 Å². The SMILES string of the molecule is O=[N+]([O-])c1ccc(S(=O)(=O)C[C@@H]2CCNC2)nc1. The molecule has 0 spiro atoms. The van der Waals surface area contributed by atoms with Crippen molar-refractivity contribution in [2.45, 2.75) is 11.4 Å². The Morgan fingerprint density at radius 3 is 2.78 bits per heavy atom. The van der Waals surface area contributed by atoms with Crippen molar-refractivity contribution in [2.24, 2.45) is 5.92 Å². The summed E-state index contributed by atoms with van der Waals surface area (Å²) in [6, 6.07) is 2.35. The highest BCUT2D eigenvalue weighted by Gasteiger charge is 2.25. The van der Waals surface area contributed by atoms with E-state index in [1.54, 1.807) is 0 Å². The minimum absolute atomic E-state index is 0.0326. The summed E-state index contributed by atoms with van der Waals surface area (Å²) < 4.78 is 24.0. The monoisotopic (exact) mass is 271 g/mol. The fourth-order valence-corrected chi connectivity index (χ4v) is 3.48. The van der Waals surface area contributed by atoms with E-state index in [-0.39, 0.29) is 22.4 Å². The zero-order valence-corrected chi connectivity index (χ0v) is 10.4. The van der Waals surface area contributed by atoms with Crippen LogP contribution < -0.4 is 5.32 Å². The summed E-state index contributed by atoms with van der Waals surface area (Å²) in [5.41, 5.74) is -0.212. The van der Waals surface area contributed by atoms with Crippen LogP contribution in [0.25, 0.3) is 0 Å². The van der Waals surface area contributed by atoms with Crippen molar-refractivity contribution < 1.29 is 13.3 Å². The van der Waals surface area contributed by atoms with Gasteiger partial charge in [0.1, 0.15) is 6.20 Å². The summed E-state index contributed by atoms with van der Waals surface area (Å²) >= 11 is 0. The molecule has 98 valence electrons. The third-order valence-electron chi connectivity index (χ3n) is 2.87. The second-order valence-electron chi connectivity index (χ2n) is 4.25. The van der Waals surface area contributed by atoms with E-state index < -0.39 is 14.8 Å². The fourth-order valence-electron chi connectivity index (χ4n) is 1.92. The Balaban J connectivity index is 2.16. The number of sulfone groups is 1. The van der Waals surface area contributed by atoms with E-state index in [4.69, 9.17) is 0 Å². The molecule has 1 saturated heterocycles. The molecule has 1 aromatic rings. The van der Waals surface area contributed by atoms with Gasteiger partial charge >= 0.3 is 0 Å². The van der Waals surface area contributed by atoms with Crippen LogP contribution in [0.15, 0.2) is 23.4 Å². The van der Waals surface area contributed by atoms with E-state index in [1.165, 1.54) is 6.07 Å². The molecule has 1 fully saturated rings. The Morgan fingerprint density at radius 1 is 1.50 bits per heavy atom. The van der Waals surface area contributed by atoms with Gasteiger partial charge in [0.25, 0.3) is 5.69 Å². The molecule has 1 N–H and O–H groups in total. The standard InChI is InChI=1S/C10H13N3O4S/c14-13(15)9-1-2-10(12-6-9)18(16,17)7-8-3-4-11-5-8/h1-2,6,8,11H,3-5,7H2/t8-/m1/s1. The maximum atomic E-state index is 12.0. The van der Waals surface area contributed by atoms with Crippen LogP contribution in [0.1, 0.15) is 6.42 Å². The number of nitrogens with zero attached hydrogens (tertiary/aromatic N) is 2. The number of hydrogen-bond donors (Lipinski definition) is 1. The summed E-state index contributed by atoms with van der Waals surface area (Å²) in [5.74, 6) is 0.122. The molecule has 0 radical (unpaired) electrons. The number of pyridine rings is 1. The van der Waals surface area contributed by atoms with Crippen LogP contribution in [0.3, 0.4) is 0 Å². The van der Waals surface area contributed by atoms with Crippen LogP contribution in [0.4, 0.5) is 5.69 Å². The van der Waals surface area contributed by atoms with Crippen LogP contribution in [-0.2, 0) is 9.84 Å². The lowest BCUT2D eigenvalue weighted by Gasteiger charge is -2.08. The Kier molecular flexibility index (Phi) is 3.58. The maximum absolute atomic E-state index is 12.0. The van der Waals surface area contributed by atoms with E-state index in [9.17, 15) is 18.5 Å². The first-order valence-electron chi connectivity index (χ1n) is 5.53. The minimum atomic E-state index is -3.46. The Bertz CT molecular complexity index is 535. The third kappa shape index (κ3) is 2.82. The normalized spacial score (nSPS) is 19.9. The summed E-state index contributed by atoms with van der Waals surface area (Å²) in [7, 11) is -3.46. The van der Waals surface area contributed by atoms with Gasteiger partial charge in [0.15, 0.2) is 14.9 Å². The molecule has 8 heteroatoms. The summed E-state index contributed by atoms with van der Waals surface area (Å²) in [6.07, 6.45) is 1.80. The zero-order valence-electron chi connectivity index (χ0n) is 9.57. The van der Waals surface area contributed by atoms with Gasteiger partial charge in [-0.3, -0.25) is 10.1 Å². The quantitative estimate of drug-likeness (QED) is 0.627. The average molecular weight is 271 g/mol. The van der Waals surface area contributed by atoms with Crippen LogP contribution >= 0.6 is 0 Å². The van der Waals surface area contributed by atoms with Gasteiger partial charge in [0.2, 0.25) is 0 Å². The third-order valence-corrected chi connectivity index (χ3v) is 4.66. The van der Waals surface area contributed by atoms with Crippen LogP contribution in [0, 0.1) is 16.0 Å². The molecule has 1 atom stereocenters. The average Bonchev–Trinajstić information content (AvgIpc) is 2.81. The molecule has 2 rings (SSSR count). The van der Waals surface area contributed by atoms with E-state index in [0.717, 1.165) is 25.2 Å². The van der Waals surface area contributed by atoms with Crippen molar-refractivity contribution in [1.29, 1.82) is 0 Å². The molecule has 2 heterocycles. The highest BCUT2D eigenvalue weighted by molar-refractivity contribution is 7.91. The first-order valence-corrected chi connectivity index (χ1v) is 7.18. The van der Waals surface area contributed by atoms with Crippen molar-refractivity contribution in [2.75, 3.05) is 18.8 Å². The van der Waals surface area contributed by atoms with Gasteiger partial charge in [-0.15, -0.1) is 0 Å². The second kappa shape index (κ2) is 4.99. The second-order valence-corrected chi connectivity index (χ2v) is 6.23. The molecule has 0 saturated carbocycles. The first-order chi connectivity index (χ1) is 8.49. The maximum Gasteiger partial charge on any atom is 0.287 e. The molecule has 0 aliphatic carbocycles. The van der Waals surface area contributed by atoms with Crippen LogP contribution in [0.2, 0.25) is 0 Å². The van der Waals surface area contributed by atoms with Gasteiger partial charge in [0, 0.05) is 6.07 Å². The van der Waals surface area contributed by atoms with Gasteiger partial charge < -0.3 is 5.32 Å². The topological polar surface area (TPSA) is 102 Å². The van der Waals surface area contributed by atoms with Gasteiger partial charge in [-0.05, 0) is 31.5 Å². The smallest absolute Gasteiger partial charge is 0.287 e. The molecule has 7 nitrogen and oxygen atoms in total. The predicted octanol–water partition coefficient (Wildman–Crippen LogP) is 0.373. The molecule has 1 aliphatic heterocycles. The lowest BCUT2D eigenvalue weighted by molar-refractivity contribution is -0.385. The van der Waals surface area contributed by atoms with Gasteiger partial charge in [-0.25, -0.2) is 13.4 Å². The van der Waals surface area contributed by atoms with Crippen molar-refractivity contribution in [3.63, 3.8) is 0 Å². The highest BCUT2D eigenvalue weighted by Crippen LogP contribution is 2.18. The number of hydrogen-bond acceptors (Lipinski definition) is 6. The lowest BCUT2D eigenvalue weighted by atomic mass is 10.2. The largest absolute Gasteiger partial charge is 0.316 e. The molecule has 0 aromatic carbocycles. The number of nitro groups is 1. The van der Waals surface area contributed by atoms with E-state index in [2.05, 4.69) is 10.3 Å². The number of aromatic nitrogens is 1. The van der Waals surface area contributed by atoms with Crippen molar-refractivity contribution >= 4 is 15.5 Å². The first kappa shape index (κ1) is 12.9. The molecule has 0 bridgehead atoms. The lowest BCUT2D eigenvalue weighted by Crippen LogP contribution is -2.19. The molecule has 0 amide bonds. The molecular weight excluding hydrogens is 258 g/mol. The Labute approximate surface area is 104 Å². The number of nitrogens with one attached hydrogen (secondary N) is 1. The Hall–Kier alpha value is -1.54. The van der Waals surface area contributed by atoms with Gasteiger partial charge in [-0.1, -0.05) is 0 Å². The van der Waals surface area contributed by atoms with E-state index >= 15 is 0 Å². The zero-order chi connectivity index (χ0) is 13.2. The van der Waals surface area contributed by atoms with E-state index in [0.29, 0.717) is 6.54 Å². The number of rotatable bonds is 4. The van der Waals surface area contributed by atoms with Gasteiger partial charge in [-0.2, -0.15) is 0 Å². The van der Waals surface area contributed by atoms with Crippen LogP contribution in [-0.4, -0.2) is 37.2 Å². The molecule has 1 aliphatic rings. The molecule has 1 aromatic heterocycles. The highest BCUT2D eigenvalue weighted by atomic mass is 32.2. The molecule has 0 unspecified atom stereocenters. The van der Waals surface area contributed by atoms with Crippen molar-refractivity contribution in [1.82, 2.24) is 10.3 Å². The fraction of sp³-hybridized carbons (Fsp3) is 0.500. The van der Waals surface area contributed by atoms with Gasteiger partial charge in [0.05, 0.1) is 10.7 Å². The van der Waals surface area contributed by atoms with E-state index in [1.807, 2.05) is 0 Å². The molecular formula is C10H13N3O4S. The summed E-state index contributed by atoms with van der Waals surface area (Å²) in [5, 5.41) is 13.4.